The summed E-state index contributed by atoms with van der Waals surface area (Å²) in [6, 6.07) is 0. The highest BCUT2D eigenvalue weighted by molar-refractivity contribution is 7.11. The van der Waals surface area contributed by atoms with Crippen molar-refractivity contribution in [2.24, 2.45) is 0 Å². The Morgan fingerprint density at radius 2 is 2.12 bits per heavy atom. The third kappa shape index (κ3) is 3.06. The predicted molar refractivity (Wildman–Crippen MR) is 73.4 cm³/mol. The zero-order valence-electron chi connectivity index (χ0n) is 11.1. The van der Waals surface area contributed by atoms with E-state index in [0.717, 1.165) is 18.1 Å². The number of nitrogens with zero attached hydrogens (tertiary/aromatic N) is 2. The Hall–Kier alpha value is -0.450. The first-order chi connectivity index (χ1) is 8.12. The fourth-order valence-corrected chi connectivity index (χ4v) is 3.49. The average molecular weight is 253 g/mol. The van der Waals surface area contributed by atoms with Crippen LogP contribution in [0.1, 0.15) is 35.6 Å². The van der Waals surface area contributed by atoms with Crippen molar-refractivity contribution in [2.75, 3.05) is 20.6 Å². The van der Waals surface area contributed by atoms with Gasteiger partial charge in [0.1, 0.15) is 0 Å². The molecule has 0 amide bonds. The maximum absolute atomic E-state index is 4.29. The van der Waals surface area contributed by atoms with Gasteiger partial charge in [-0.1, -0.05) is 12.8 Å². The van der Waals surface area contributed by atoms with Crippen LogP contribution in [0.5, 0.6) is 0 Å². The number of hydrogen-bond acceptors (Lipinski definition) is 4. The van der Waals surface area contributed by atoms with Crippen molar-refractivity contribution in [2.45, 2.75) is 44.7 Å². The molecule has 0 aromatic carbocycles. The topological polar surface area (TPSA) is 28.2 Å². The second kappa shape index (κ2) is 5.46. The zero-order chi connectivity index (χ0) is 12.3. The minimum Gasteiger partial charge on any atom is -0.310 e. The van der Waals surface area contributed by atoms with Crippen molar-refractivity contribution < 1.29 is 0 Å². The van der Waals surface area contributed by atoms with Crippen molar-refractivity contribution in [3.8, 4) is 0 Å². The first kappa shape index (κ1) is 13.0. The molecule has 0 atom stereocenters. The number of hydrogen-bond donors (Lipinski definition) is 1. The van der Waals surface area contributed by atoms with Crippen molar-refractivity contribution in [3.63, 3.8) is 0 Å². The molecule has 1 heterocycles. The molecule has 0 unspecified atom stereocenters. The van der Waals surface area contributed by atoms with Crippen LogP contribution in [0.15, 0.2) is 6.20 Å². The van der Waals surface area contributed by atoms with E-state index in [0.29, 0.717) is 5.54 Å². The maximum Gasteiger partial charge on any atom is 0.0897 e. The summed E-state index contributed by atoms with van der Waals surface area (Å²) < 4.78 is 0. The van der Waals surface area contributed by atoms with Crippen LogP contribution in [0.25, 0.3) is 0 Å². The van der Waals surface area contributed by atoms with E-state index in [1.807, 2.05) is 6.20 Å². The summed E-state index contributed by atoms with van der Waals surface area (Å²) in [5, 5.41) is 4.77. The van der Waals surface area contributed by atoms with Crippen LogP contribution in [0.4, 0.5) is 0 Å². The number of aryl methyl sites for hydroxylation is 1. The van der Waals surface area contributed by atoms with E-state index in [-0.39, 0.29) is 0 Å². The molecule has 1 N–H and O–H groups in total. The van der Waals surface area contributed by atoms with Gasteiger partial charge in [-0.3, -0.25) is 0 Å². The molecule has 2 rings (SSSR count). The molecule has 17 heavy (non-hydrogen) atoms. The highest BCUT2D eigenvalue weighted by Gasteiger charge is 2.35. The molecule has 96 valence electrons. The largest absolute Gasteiger partial charge is 0.310 e. The third-order valence-corrected chi connectivity index (χ3v) is 4.82. The number of likely N-dealkylation sites (N-methyl/N-ethyl adjacent to an activating group) is 1. The van der Waals surface area contributed by atoms with E-state index in [1.165, 1.54) is 30.6 Å². The number of aromatic nitrogens is 1. The second-order valence-electron chi connectivity index (χ2n) is 5.28. The molecule has 3 nitrogen and oxygen atoms in total. The van der Waals surface area contributed by atoms with Gasteiger partial charge in [0.2, 0.25) is 0 Å². The lowest BCUT2D eigenvalue weighted by Gasteiger charge is -2.36. The Kier molecular flexibility index (Phi) is 4.17. The summed E-state index contributed by atoms with van der Waals surface area (Å²) in [6.07, 6.45) is 7.40. The van der Waals surface area contributed by atoms with Gasteiger partial charge in [-0.2, -0.15) is 0 Å². The number of rotatable bonds is 5. The van der Waals surface area contributed by atoms with E-state index in [2.05, 4.69) is 36.2 Å². The van der Waals surface area contributed by atoms with Crippen LogP contribution in [0.2, 0.25) is 0 Å². The quantitative estimate of drug-likeness (QED) is 0.873. The van der Waals surface area contributed by atoms with Crippen LogP contribution in [0, 0.1) is 6.92 Å². The van der Waals surface area contributed by atoms with E-state index in [4.69, 9.17) is 0 Å². The average Bonchev–Trinajstić information content (AvgIpc) is 2.89. The molecule has 1 aliphatic carbocycles. The number of nitrogens with one attached hydrogen (secondary N) is 1. The molecule has 0 radical (unpaired) electrons. The fraction of sp³-hybridized carbons (Fsp3) is 0.769. The van der Waals surface area contributed by atoms with Crippen LogP contribution in [-0.2, 0) is 6.54 Å². The van der Waals surface area contributed by atoms with Gasteiger partial charge in [-0.05, 0) is 33.9 Å². The van der Waals surface area contributed by atoms with Crippen molar-refractivity contribution in [1.82, 2.24) is 15.2 Å². The Bertz CT molecular complexity index is 353. The van der Waals surface area contributed by atoms with Gasteiger partial charge in [0.25, 0.3) is 0 Å². The van der Waals surface area contributed by atoms with Crippen LogP contribution >= 0.6 is 11.3 Å². The SMILES string of the molecule is Cc1ncc(CNCC2(N(C)C)CCCC2)s1. The zero-order valence-corrected chi connectivity index (χ0v) is 11.9. The Labute approximate surface area is 108 Å². The van der Waals surface area contributed by atoms with Crippen LogP contribution < -0.4 is 5.32 Å². The van der Waals surface area contributed by atoms with E-state index >= 15 is 0 Å². The predicted octanol–water partition coefficient (Wildman–Crippen LogP) is 2.42. The van der Waals surface area contributed by atoms with Gasteiger partial charge < -0.3 is 10.2 Å². The van der Waals surface area contributed by atoms with Crippen molar-refractivity contribution in [3.05, 3.63) is 16.1 Å². The molecule has 0 spiro atoms. The lowest BCUT2D eigenvalue weighted by molar-refractivity contribution is 0.154. The summed E-state index contributed by atoms with van der Waals surface area (Å²) in [6.45, 7) is 4.12. The monoisotopic (exact) mass is 253 g/mol. The van der Waals surface area contributed by atoms with E-state index in [9.17, 15) is 0 Å². The molecule has 1 aromatic heterocycles. The molecular weight excluding hydrogens is 230 g/mol. The molecule has 0 saturated heterocycles. The molecule has 1 aliphatic rings. The van der Waals surface area contributed by atoms with Gasteiger partial charge in [0, 0.05) is 29.7 Å². The highest BCUT2D eigenvalue weighted by Crippen LogP contribution is 2.33. The number of thiazole rings is 1. The first-order valence-electron chi connectivity index (χ1n) is 6.42. The van der Waals surface area contributed by atoms with Crippen molar-refractivity contribution >= 4 is 11.3 Å². The molecule has 4 heteroatoms. The van der Waals surface area contributed by atoms with Gasteiger partial charge in [-0.15, -0.1) is 11.3 Å². The molecule has 1 fully saturated rings. The minimum absolute atomic E-state index is 0.389. The third-order valence-electron chi connectivity index (χ3n) is 3.91. The Morgan fingerprint density at radius 3 is 2.65 bits per heavy atom. The van der Waals surface area contributed by atoms with Gasteiger partial charge in [-0.25, -0.2) is 4.98 Å². The summed E-state index contributed by atoms with van der Waals surface area (Å²) in [5.74, 6) is 0. The standard InChI is InChI=1S/C13H23N3S/c1-11-15-9-12(17-11)8-14-10-13(16(2)3)6-4-5-7-13/h9,14H,4-8,10H2,1-3H3. The summed E-state index contributed by atoms with van der Waals surface area (Å²) >= 11 is 1.79. The summed E-state index contributed by atoms with van der Waals surface area (Å²) in [5.41, 5.74) is 0.389. The van der Waals surface area contributed by atoms with E-state index in [1.54, 1.807) is 11.3 Å². The van der Waals surface area contributed by atoms with Crippen LogP contribution in [0.3, 0.4) is 0 Å². The molecule has 0 bridgehead atoms. The van der Waals surface area contributed by atoms with Gasteiger partial charge in [0.15, 0.2) is 0 Å². The van der Waals surface area contributed by atoms with Gasteiger partial charge in [0.05, 0.1) is 5.01 Å². The minimum atomic E-state index is 0.389. The van der Waals surface area contributed by atoms with Crippen molar-refractivity contribution in [1.29, 1.82) is 0 Å². The highest BCUT2D eigenvalue weighted by atomic mass is 32.1. The fourth-order valence-electron chi connectivity index (χ4n) is 2.72. The summed E-state index contributed by atoms with van der Waals surface area (Å²) in [7, 11) is 4.42. The first-order valence-corrected chi connectivity index (χ1v) is 7.23. The lowest BCUT2D eigenvalue weighted by atomic mass is 9.96. The molecule has 1 saturated carbocycles. The second-order valence-corrected chi connectivity index (χ2v) is 6.59. The normalized spacial score (nSPS) is 19.1. The van der Waals surface area contributed by atoms with Gasteiger partial charge >= 0.3 is 0 Å². The molecular formula is C13H23N3S. The Balaban J connectivity index is 1.84. The smallest absolute Gasteiger partial charge is 0.0897 e. The Morgan fingerprint density at radius 1 is 1.41 bits per heavy atom. The van der Waals surface area contributed by atoms with E-state index < -0.39 is 0 Å². The lowest BCUT2D eigenvalue weighted by Crippen LogP contribution is -2.49. The molecule has 0 aliphatic heterocycles. The van der Waals surface area contributed by atoms with Crippen LogP contribution in [-0.4, -0.2) is 36.1 Å². The summed E-state index contributed by atoms with van der Waals surface area (Å²) in [4.78, 5) is 8.04. The maximum atomic E-state index is 4.29. The molecule has 1 aromatic rings.